The highest BCUT2D eigenvalue weighted by Crippen LogP contribution is 2.21. The minimum Gasteiger partial charge on any atom is -0.459 e. The lowest BCUT2D eigenvalue weighted by Crippen LogP contribution is -2.29. The number of aliphatic hydroxyl groups is 1. The molecule has 1 aliphatic rings. The number of esters is 1. The summed E-state index contributed by atoms with van der Waals surface area (Å²) < 4.78 is 5.22. The Kier molecular flexibility index (Phi) is 6.88. The highest BCUT2D eigenvalue weighted by atomic mass is 32.2. The molecule has 1 fully saturated rings. The molecule has 1 heterocycles. The third kappa shape index (κ3) is 5.21. The van der Waals surface area contributed by atoms with Crippen LogP contribution >= 0.6 is 11.8 Å². The van der Waals surface area contributed by atoms with Gasteiger partial charge in [-0.15, -0.1) is 0 Å². The highest BCUT2D eigenvalue weighted by molar-refractivity contribution is 7.99. The van der Waals surface area contributed by atoms with Crippen molar-refractivity contribution in [3.63, 3.8) is 0 Å². The van der Waals surface area contributed by atoms with Crippen LogP contribution in [0.5, 0.6) is 0 Å². The van der Waals surface area contributed by atoms with Crippen molar-refractivity contribution >= 4 is 17.7 Å². The number of rotatable bonds is 7. The van der Waals surface area contributed by atoms with Crippen LogP contribution in [0.1, 0.15) is 45.4 Å². The summed E-state index contributed by atoms with van der Waals surface area (Å²) in [5, 5.41) is 9.48. The number of thioether (sulfide) groups is 1. The Morgan fingerprint density at radius 3 is 2.69 bits per heavy atom. The molecule has 0 aromatic carbocycles. The maximum absolute atomic E-state index is 11.4. The zero-order chi connectivity index (χ0) is 11.8. The fourth-order valence-electron chi connectivity index (χ4n) is 1.74. The molecule has 0 aromatic rings. The molecule has 0 radical (unpaired) electrons. The third-order valence-corrected chi connectivity index (χ3v) is 3.91. The van der Waals surface area contributed by atoms with Gasteiger partial charge >= 0.3 is 5.97 Å². The molecule has 94 valence electrons. The largest absolute Gasteiger partial charge is 0.459 e. The Balaban J connectivity index is 2.02. The number of aliphatic hydroxyl groups excluding tert-OH is 1. The third-order valence-electron chi connectivity index (χ3n) is 2.77. The molecule has 1 aliphatic heterocycles. The number of carbonyl (C=O) groups is 1. The van der Waals surface area contributed by atoms with E-state index in [9.17, 15) is 9.90 Å². The summed E-state index contributed by atoms with van der Waals surface area (Å²) in [5.74, 6) is 1.28. The highest BCUT2D eigenvalue weighted by Gasteiger charge is 2.28. The van der Waals surface area contributed by atoms with Gasteiger partial charge in [0.1, 0.15) is 12.2 Å². The molecule has 0 aliphatic carbocycles. The van der Waals surface area contributed by atoms with Gasteiger partial charge in [0.25, 0.3) is 0 Å². The second kappa shape index (κ2) is 7.96. The summed E-state index contributed by atoms with van der Waals surface area (Å²) in [6.45, 7) is 2.17. The molecule has 16 heavy (non-hydrogen) atoms. The van der Waals surface area contributed by atoms with Gasteiger partial charge in [-0.3, -0.25) is 4.79 Å². The van der Waals surface area contributed by atoms with E-state index in [2.05, 4.69) is 6.92 Å². The predicted molar refractivity (Wildman–Crippen MR) is 66.6 cm³/mol. The standard InChI is InChI=1S/C12H22O3S/c1-2-3-4-5-6-7-12(14)15-11-9-16-8-10(11)13/h10-11,13H,2-9H2,1H3. The quantitative estimate of drug-likeness (QED) is 0.553. The monoisotopic (exact) mass is 246 g/mol. The topological polar surface area (TPSA) is 46.5 Å². The van der Waals surface area contributed by atoms with E-state index in [4.69, 9.17) is 4.74 Å². The first-order valence-electron chi connectivity index (χ1n) is 6.19. The van der Waals surface area contributed by atoms with Crippen molar-refractivity contribution in [2.24, 2.45) is 0 Å². The lowest BCUT2D eigenvalue weighted by atomic mass is 10.1. The number of hydrogen-bond donors (Lipinski definition) is 1. The maximum atomic E-state index is 11.4. The van der Waals surface area contributed by atoms with Crippen molar-refractivity contribution in [3.05, 3.63) is 0 Å². The Morgan fingerprint density at radius 2 is 2.06 bits per heavy atom. The van der Waals surface area contributed by atoms with Gasteiger partial charge in [-0.25, -0.2) is 0 Å². The van der Waals surface area contributed by atoms with E-state index in [1.165, 1.54) is 19.3 Å². The van der Waals surface area contributed by atoms with Gasteiger partial charge in [-0.2, -0.15) is 11.8 Å². The van der Waals surface area contributed by atoms with Crippen molar-refractivity contribution < 1.29 is 14.6 Å². The Bertz CT molecular complexity index is 208. The van der Waals surface area contributed by atoms with Crippen LogP contribution in [0.4, 0.5) is 0 Å². The van der Waals surface area contributed by atoms with Gasteiger partial charge in [0.05, 0.1) is 0 Å². The number of ether oxygens (including phenoxy) is 1. The minimum atomic E-state index is -0.464. The van der Waals surface area contributed by atoms with Crippen LogP contribution in [0.15, 0.2) is 0 Å². The average Bonchev–Trinajstić information content (AvgIpc) is 2.64. The zero-order valence-electron chi connectivity index (χ0n) is 9.98. The van der Waals surface area contributed by atoms with E-state index < -0.39 is 6.10 Å². The second-order valence-corrected chi connectivity index (χ2v) is 5.37. The van der Waals surface area contributed by atoms with Crippen molar-refractivity contribution in [1.82, 2.24) is 0 Å². The van der Waals surface area contributed by atoms with E-state index in [1.54, 1.807) is 11.8 Å². The molecule has 0 spiro atoms. The van der Waals surface area contributed by atoms with E-state index in [-0.39, 0.29) is 12.1 Å². The first-order chi connectivity index (χ1) is 7.74. The molecule has 0 bridgehead atoms. The van der Waals surface area contributed by atoms with Crippen molar-refractivity contribution in [2.45, 2.75) is 57.7 Å². The Labute approximate surface area is 102 Å². The van der Waals surface area contributed by atoms with Crippen LogP contribution in [0.3, 0.4) is 0 Å². The van der Waals surface area contributed by atoms with Crippen molar-refractivity contribution in [3.8, 4) is 0 Å². The number of carbonyl (C=O) groups excluding carboxylic acids is 1. The van der Waals surface area contributed by atoms with Gasteiger partial charge in [0.15, 0.2) is 0 Å². The molecule has 1 N–H and O–H groups in total. The van der Waals surface area contributed by atoms with E-state index in [0.717, 1.165) is 18.6 Å². The van der Waals surface area contributed by atoms with Gasteiger partial charge in [-0.05, 0) is 6.42 Å². The average molecular weight is 246 g/mol. The van der Waals surface area contributed by atoms with Gasteiger partial charge in [0.2, 0.25) is 0 Å². The molecular weight excluding hydrogens is 224 g/mol. The summed E-state index contributed by atoms with van der Waals surface area (Å²) >= 11 is 1.64. The van der Waals surface area contributed by atoms with Crippen molar-refractivity contribution in [1.29, 1.82) is 0 Å². The molecule has 1 rings (SSSR count). The predicted octanol–water partition coefficient (Wildman–Crippen LogP) is 2.37. The summed E-state index contributed by atoms with van der Waals surface area (Å²) in [6.07, 6.45) is 5.44. The molecule has 4 heteroatoms. The number of unbranched alkanes of at least 4 members (excludes halogenated alkanes) is 4. The minimum absolute atomic E-state index is 0.150. The second-order valence-electron chi connectivity index (χ2n) is 4.30. The Hall–Kier alpha value is -0.220. The summed E-state index contributed by atoms with van der Waals surface area (Å²) in [6, 6.07) is 0. The van der Waals surface area contributed by atoms with Crippen LogP contribution in [-0.2, 0) is 9.53 Å². The van der Waals surface area contributed by atoms with E-state index in [0.29, 0.717) is 12.2 Å². The van der Waals surface area contributed by atoms with Crippen molar-refractivity contribution in [2.75, 3.05) is 11.5 Å². The molecule has 3 nitrogen and oxygen atoms in total. The normalized spacial score (nSPS) is 24.6. The molecular formula is C12H22O3S. The van der Waals surface area contributed by atoms with Crippen LogP contribution < -0.4 is 0 Å². The first-order valence-corrected chi connectivity index (χ1v) is 7.34. The summed E-state index contributed by atoms with van der Waals surface area (Å²) in [4.78, 5) is 11.4. The summed E-state index contributed by atoms with van der Waals surface area (Å²) in [5.41, 5.74) is 0. The van der Waals surface area contributed by atoms with Crippen LogP contribution in [-0.4, -0.2) is 34.8 Å². The van der Waals surface area contributed by atoms with Gasteiger partial charge in [-0.1, -0.05) is 32.6 Å². The fourth-order valence-corrected chi connectivity index (χ4v) is 2.85. The SMILES string of the molecule is CCCCCCCC(=O)OC1CSCC1O. The number of hydrogen-bond acceptors (Lipinski definition) is 4. The molecule has 0 saturated carbocycles. The van der Waals surface area contributed by atoms with Crippen LogP contribution in [0, 0.1) is 0 Å². The van der Waals surface area contributed by atoms with Gasteiger partial charge in [0, 0.05) is 17.9 Å². The zero-order valence-corrected chi connectivity index (χ0v) is 10.8. The van der Waals surface area contributed by atoms with Crippen LogP contribution in [0.25, 0.3) is 0 Å². The molecule has 2 unspecified atom stereocenters. The fraction of sp³-hybridized carbons (Fsp3) is 0.917. The van der Waals surface area contributed by atoms with Crippen LogP contribution in [0.2, 0.25) is 0 Å². The smallest absolute Gasteiger partial charge is 0.306 e. The lowest BCUT2D eigenvalue weighted by Gasteiger charge is -2.14. The molecule has 2 atom stereocenters. The Morgan fingerprint density at radius 1 is 1.31 bits per heavy atom. The summed E-state index contributed by atoms with van der Waals surface area (Å²) in [7, 11) is 0. The molecule has 0 amide bonds. The lowest BCUT2D eigenvalue weighted by molar-refractivity contribution is -0.152. The van der Waals surface area contributed by atoms with Gasteiger partial charge < -0.3 is 9.84 Å². The van der Waals surface area contributed by atoms with E-state index in [1.807, 2.05) is 0 Å². The maximum Gasteiger partial charge on any atom is 0.306 e. The molecule has 0 aromatic heterocycles. The van der Waals surface area contributed by atoms with E-state index >= 15 is 0 Å². The first kappa shape index (κ1) is 13.8. The molecule has 1 saturated heterocycles.